The zero-order chi connectivity index (χ0) is 13.9. The molecule has 0 amide bonds. The summed E-state index contributed by atoms with van der Waals surface area (Å²) in [4.78, 5) is 0. The molecule has 19 heavy (non-hydrogen) atoms. The van der Waals surface area contributed by atoms with Crippen LogP contribution in [0.15, 0.2) is 48.5 Å². The Morgan fingerprint density at radius 3 is 1.74 bits per heavy atom. The molecule has 0 atom stereocenters. The van der Waals surface area contributed by atoms with Gasteiger partial charge in [0, 0.05) is 0 Å². The van der Waals surface area contributed by atoms with Crippen molar-refractivity contribution in [2.24, 2.45) is 0 Å². The molecule has 0 heterocycles. The third-order valence-corrected chi connectivity index (χ3v) is 5.12. The van der Waals surface area contributed by atoms with Crippen molar-refractivity contribution >= 4 is 0 Å². The summed E-state index contributed by atoms with van der Waals surface area (Å²) in [7, 11) is 1.60. The Kier molecular flexibility index (Phi) is 4.34. The zero-order valence-corrected chi connectivity index (χ0v) is 12.2. The number of halogens is 4. The van der Waals surface area contributed by atoms with E-state index in [9.17, 15) is 13.2 Å². The Bertz CT molecular complexity index is 532. The minimum atomic E-state index is -4.27. The van der Waals surface area contributed by atoms with Crippen LogP contribution in [0.3, 0.4) is 0 Å². The van der Waals surface area contributed by atoms with Crippen molar-refractivity contribution in [2.45, 2.75) is 6.18 Å². The van der Waals surface area contributed by atoms with Crippen LogP contribution in [0.2, 0.25) is 0 Å². The summed E-state index contributed by atoms with van der Waals surface area (Å²) in [5.74, 6) is 0.778. The summed E-state index contributed by atoms with van der Waals surface area (Å²) >= 11 is -0.462. The van der Waals surface area contributed by atoms with Crippen molar-refractivity contribution in [2.75, 3.05) is 7.11 Å². The second-order valence-electron chi connectivity index (χ2n) is 3.76. The second kappa shape index (κ2) is 5.81. The summed E-state index contributed by atoms with van der Waals surface area (Å²) in [6.07, 6.45) is -4.27. The molecule has 0 bridgehead atoms. The summed E-state index contributed by atoms with van der Waals surface area (Å²) in [5.41, 5.74) is -0.602. The van der Waals surface area contributed by atoms with Crippen LogP contribution in [-0.4, -0.2) is 7.11 Å². The molecular formula is C14H11F3IO+. The van der Waals surface area contributed by atoms with Gasteiger partial charge in [-0.25, -0.2) is 0 Å². The van der Waals surface area contributed by atoms with E-state index in [2.05, 4.69) is 0 Å². The lowest BCUT2D eigenvalue weighted by molar-refractivity contribution is -0.597. The van der Waals surface area contributed by atoms with Gasteiger partial charge in [0.25, 0.3) is 0 Å². The highest BCUT2D eigenvalue weighted by Crippen LogP contribution is 2.28. The van der Waals surface area contributed by atoms with Gasteiger partial charge in [-0.05, 0) is 48.5 Å². The van der Waals surface area contributed by atoms with Crippen LogP contribution in [0.5, 0.6) is 5.75 Å². The molecule has 0 unspecified atom stereocenters. The number of methoxy groups -OCH3 is 1. The predicted molar refractivity (Wildman–Crippen MR) is 61.8 cm³/mol. The average Bonchev–Trinajstić information content (AvgIpc) is 2.39. The molecule has 1 nitrogen and oxygen atoms in total. The van der Waals surface area contributed by atoms with Crippen molar-refractivity contribution in [1.82, 2.24) is 0 Å². The first-order valence-corrected chi connectivity index (χ1v) is 7.61. The van der Waals surface area contributed by atoms with E-state index in [1.807, 2.05) is 24.3 Å². The maximum absolute atomic E-state index is 12.4. The number of benzene rings is 2. The Morgan fingerprint density at radius 1 is 0.842 bits per heavy atom. The fraction of sp³-hybridized carbons (Fsp3) is 0.143. The van der Waals surface area contributed by atoms with E-state index in [1.165, 1.54) is 0 Å². The van der Waals surface area contributed by atoms with E-state index in [0.717, 1.165) is 25.0 Å². The molecule has 5 heteroatoms. The van der Waals surface area contributed by atoms with E-state index in [1.54, 1.807) is 19.2 Å². The highest BCUT2D eigenvalue weighted by Gasteiger charge is 2.30. The first-order valence-electron chi connectivity index (χ1n) is 5.45. The maximum Gasteiger partial charge on any atom is 0.416 e. The van der Waals surface area contributed by atoms with E-state index in [0.29, 0.717) is 0 Å². The van der Waals surface area contributed by atoms with E-state index in [4.69, 9.17) is 4.74 Å². The monoisotopic (exact) mass is 379 g/mol. The third-order valence-electron chi connectivity index (χ3n) is 2.44. The smallest absolute Gasteiger partial charge is 0.416 e. The summed E-state index contributed by atoms with van der Waals surface area (Å²) in [6, 6.07) is 13.0. The van der Waals surface area contributed by atoms with Gasteiger partial charge in [0.1, 0.15) is 5.75 Å². The SMILES string of the molecule is COc1ccc([I+]c2ccc(C(F)(F)F)cc2)cc1. The van der Waals surface area contributed by atoms with E-state index >= 15 is 0 Å². The Balaban J connectivity index is 2.10. The molecule has 100 valence electrons. The summed E-state index contributed by atoms with van der Waals surface area (Å²) < 4.78 is 44.4. The number of alkyl halides is 3. The Hall–Kier alpha value is -1.24. The quantitative estimate of drug-likeness (QED) is 0.719. The largest absolute Gasteiger partial charge is 0.497 e. The van der Waals surface area contributed by atoms with Crippen LogP contribution >= 0.6 is 0 Å². The van der Waals surface area contributed by atoms with Crippen LogP contribution in [0.1, 0.15) is 5.56 Å². The van der Waals surface area contributed by atoms with Gasteiger partial charge in [0.15, 0.2) is 7.14 Å². The molecule has 2 rings (SSSR count). The van der Waals surface area contributed by atoms with Gasteiger partial charge in [-0.15, -0.1) is 0 Å². The Morgan fingerprint density at radius 2 is 1.32 bits per heavy atom. The van der Waals surface area contributed by atoms with E-state index < -0.39 is 32.9 Å². The molecule has 0 fully saturated rings. The molecule has 0 aliphatic rings. The highest BCUT2D eigenvalue weighted by molar-refractivity contribution is 5.21. The normalized spacial score (nSPS) is 11.4. The minimum absolute atomic E-state index is 0.462. The summed E-state index contributed by atoms with van der Waals surface area (Å²) in [5, 5.41) is 0. The van der Waals surface area contributed by atoms with Gasteiger partial charge in [0.2, 0.25) is 0 Å². The molecule has 2 aromatic rings. The number of hydrogen-bond donors (Lipinski definition) is 0. The zero-order valence-electron chi connectivity index (χ0n) is 10.0. The van der Waals surface area contributed by atoms with Crippen LogP contribution in [0, 0.1) is 7.14 Å². The fourth-order valence-electron chi connectivity index (χ4n) is 1.46. The van der Waals surface area contributed by atoms with Crippen molar-refractivity contribution in [1.29, 1.82) is 0 Å². The van der Waals surface area contributed by atoms with E-state index in [-0.39, 0.29) is 0 Å². The number of rotatable bonds is 3. The molecule has 0 aromatic heterocycles. The lowest BCUT2D eigenvalue weighted by Gasteiger charge is -2.04. The standard InChI is InChI=1S/C14H11F3IO/c1-19-13-8-6-12(7-9-13)18-11-4-2-10(3-5-11)14(15,16)17/h2-9H,1H3/q+1. The van der Waals surface area contributed by atoms with Gasteiger partial charge in [-0.1, -0.05) is 0 Å². The third kappa shape index (κ3) is 3.86. The Labute approximate surface area is 119 Å². The van der Waals surface area contributed by atoms with Crippen LogP contribution in [-0.2, 0) is 6.18 Å². The predicted octanol–water partition coefficient (Wildman–Crippen LogP) is 0.842. The second-order valence-corrected chi connectivity index (χ2v) is 6.79. The molecule has 0 N–H and O–H groups in total. The van der Waals surface area contributed by atoms with Gasteiger partial charge in [0.05, 0.1) is 12.7 Å². The molecule has 0 saturated heterocycles. The topological polar surface area (TPSA) is 9.23 Å². The van der Waals surface area contributed by atoms with Gasteiger partial charge < -0.3 is 4.74 Å². The van der Waals surface area contributed by atoms with Crippen molar-refractivity contribution in [3.63, 3.8) is 0 Å². The first kappa shape index (κ1) is 14.2. The number of ether oxygens (including phenoxy) is 1. The van der Waals surface area contributed by atoms with Gasteiger partial charge in [-0.2, -0.15) is 13.2 Å². The molecule has 0 saturated carbocycles. The minimum Gasteiger partial charge on any atom is -0.497 e. The molecule has 0 spiro atoms. The lowest BCUT2D eigenvalue weighted by Crippen LogP contribution is -3.61. The fourth-order valence-corrected chi connectivity index (χ4v) is 3.62. The molecule has 0 radical (unpaired) electrons. The maximum atomic E-state index is 12.4. The van der Waals surface area contributed by atoms with Crippen molar-refractivity contribution < 1.29 is 39.1 Å². The summed E-state index contributed by atoms with van der Waals surface area (Å²) in [6.45, 7) is 0. The van der Waals surface area contributed by atoms with Crippen LogP contribution in [0.4, 0.5) is 13.2 Å². The average molecular weight is 379 g/mol. The number of hydrogen-bond acceptors (Lipinski definition) is 1. The molecular weight excluding hydrogens is 368 g/mol. The molecule has 2 aromatic carbocycles. The van der Waals surface area contributed by atoms with Crippen molar-refractivity contribution in [3.05, 3.63) is 61.2 Å². The first-order chi connectivity index (χ1) is 8.99. The lowest BCUT2D eigenvalue weighted by atomic mass is 10.2. The van der Waals surface area contributed by atoms with Gasteiger partial charge >= 0.3 is 27.4 Å². The van der Waals surface area contributed by atoms with Crippen LogP contribution in [0.25, 0.3) is 0 Å². The highest BCUT2D eigenvalue weighted by atomic mass is 127. The molecule has 0 aliphatic carbocycles. The van der Waals surface area contributed by atoms with Crippen LogP contribution < -0.4 is 25.9 Å². The molecule has 0 aliphatic heterocycles. The van der Waals surface area contributed by atoms with Crippen molar-refractivity contribution in [3.8, 4) is 5.75 Å². The van der Waals surface area contributed by atoms with Gasteiger partial charge in [-0.3, -0.25) is 0 Å².